The molecule has 1 saturated heterocycles. The van der Waals surface area contributed by atoms with Gasteiger partial charge in [0.2, 0.25) is 0 Å². The number of carboxylic acids is 1. The average molecular weight is 469 g/mol. The van der Waals surface area contributed by atoms with E-state index < -0.39 is 11.4 Å². The van der Waals surface area contributed by atoms with Crippen LogP contribution in [0.15, 0.2) is 11.6 Å². The van der Waals surface area contributed by atoms with E-state index in [1.165, 1.54) is 5.57 Å². The van der Waals surface area contributed by atoms with Crippen LogP contribution < -0.4 is 0 Å². The van der Waals surface area contributed by atoms with Gasteiger partial charge in [0.05, 0.1) is 11.5 Å². The zero-order valence-electron chi connectivity index (χ0n) is 22.2. The van der Waals surface area contributed by atoms with Crippen LogP contribution in [-0.2, 0) is 14.3 Å². The predicted molar refractivity (Wildman–Crippen MR) is 131 cm³/mol. The molecule has 34 heavy (non-hydrogen) atoms. The van der Waals surface area contributed by atoms with Crippen LogP contribution in [0.1, 0.15) is 93.4 Å². The van der Waals surface area contributed by atoms with Gasteiger partial charge in [0.15, 0.2) is 5.78 Å². The Kier molecular flexibility index (Phi) is 4.50. The summed E-state index contributed by atoms with van der Waals surface area (Å²) in [6.07, 6.45) is 9.17. The standard InChI is InChI=1S/C30H44O4/c1-16-10-13-30(25(32)33)15-14-27(5)18(21(30)17(16)2)8-9-20-28(27,6)12-11-19-26(3,4)23(31)22-24(34-22)29(19,20)7/h8,16-17,19-22,24H,9-15H2,1-7H3,(H,32,33)/t16-,17+,19?,20?,21?,22+,24+,27-,28-,29+,30+/m1/s1. The van der Waals surface area contributed by atoms with Gasteiger partial charge in [-0.05, 0) is 85.4 Å². The van der Waals surface area contributed by atoms with E-state index >= 15 is 0 Å². The second-order valence-corrected chi connectivity index (χ2v) is 14.5. The van der Waals surface area contributed by atoms with Crippen LogP contribution in [0.2, 0.25) is 0 Å². The molecule has 6 aliphatic rings. The Hall–Kier alpha value is -1.16. The molecule has 1 heterocycles. The highest BCUT2D eigenvalue weighted by Gasteiger charge is 2.76. The number of epoxide rings is 1. The number of hydrogen-bond acceptors (Lipinski definition) is 3. The monoisotopic (exact) mass is 468 g/mol. The Labute approximate surface area is 205 Å². The van der Waals surface area contributed by atoms with Crippen molar-refractivity contribution < 1.29 is 19.4 Å². The number of allylic oxidation sites excluding steroid dienone is 2. The smallest absolute Gasteiger partial charge is 0.310 e. The summed E-state index contributed by atoms with van der Waals surface area (Å²) in [7, 11) is 0. The number of aliphatic carboxylic acids is 1. The zero-order chi connectivity index (χ0) is 24.6. The molecule has 0 amide bonds. The molecule has 5 fully saturated rings. The van der Waals surface area contributed by atoms with E-state index in [0.717, 1.165) is 44.9 Å². The highest BCUT2D eigenvalue weighted by atomic mass is 16.6. The van der Waals surface area contributed by atoms with Crippen LogP contribution in [-0.4, -0.2) is 29.1 Å². The van der Waals surface area contributed by atoms with E-state index in [2.05, 4.69) is 54.5 Å². The van der Waals surface area contributed by atoms with Crippen molar-refractivity contribution in [2.45, 2.75) is 106 Å². The number of hydrogen-bond donors (Lipinski definition) is 1. The van der Waals surface area contributed by atoms with Crippen LogP contribution in [0.5, 0.6) is 0 Å². The Balaban J connectivity index is 1.48. The minimum atomic E-state index is -0.592. The summed E-state index contributed by atoms with van der Waals surface area (Å²) in [5, 5.41) is 10.5. The first-order chi connectivity index (χ1) is 15.8. The van der Waals surface area contributed by atoms with Crippen molar-refractivity contribution in [1.82, 2.24) is 0 Å². The number of ketones is 1. The van der Waals surface area contributed by atoms with Crippen molar-refractivity contribution in [2.24, 2.45) is 56.7 Å². The predicted octanol–water partition coefficient (Wildman–Crippen LogP) is 6.28. The molecule has 3 unspecified atom stereocenters. The first-order valence-electron chi connectivity index (χ1n) is 13.9. The number of rotatable bonds is 1. The van der Waals surface area contributed by atoms with Crippen LogP contribution in [0.25, 0.3) is 0 Å². The molecule has 0 bridgehead atoms. The van der Waals surface area contributed by atoms with Crippen molar-refractivity contribution >= 4 is 11.8 Å². The Morgan fingerprint density at radius 2 is 1.71 bits per heavy atom. The molecular formula is C30H44O4. The summed E-state index contributed by atoms with van der Waals surface area (Å²) in [5.74, 6) is 1.66. The Bertz CT molecular complexity index is 996. The molecule has 1 N–H and O–H groups in total. The molecule has 11 atom stereocenters. The molecule has 0 radical (unpaired) electrons. The number of fused-ring (bicyclic) bond motifs is 9. The van der Waals surface area contributed by atoms with Crippen molar-refractivity contribution in [3.8, 4) is 0 Å². The van der Waals surface area contributed by atoms with Gasteiger partial charge in [0, 0.05) is 10.8 Å². The van der Waals surface area contributed by atoms with Gasteiger partial charge >= 0.3 is 5.97 Å². The first kappa shape index (κ1) is 23.3. The molecule has 4 nitrogen and oxygen atoms in total. The lowest BCUT2D eigenvalue weighted by atomic mass is 9.33. The highest BCUT2D eigenvalue weighted by molar-refractivity contribution is 5.92. The summed E-state index contributed by atoms with van der Waals surface area (Å²) >= 11 is 0. The van der Waals surface area contributed by atoms with E-state index in [-0.39, 0.29) is 39.8 Å². The van der Waals surface area contributed by atoms with Gasteiger partial charge in [-0.15, -0.1) is 0 Å². The number of carboxylic acid groups (broad SMARTS) is 1. The fourth-order valence-electron chi connectivity index (χ4n) is 11.0. The minimum absolute atomic E-state index is 0.00702. The van der Waals surface area contributed by atoms with Gasteiger partial charge < -0.3 is 9.84 Å². The number of ether oxygens (including phenoxy) is 1. The molecule has 4 saturated carbocycles. The minimum Gasteiger partial charge on any atom is -0.481 e. The van der Waals surface area contributed by atoms with Crippen molar-refractivity contribution in [3.63, 3.8) is 0 Å². The van der Waals surface area contributed by atoms with Gasteiger partial charge in [0.25, 0.3) is 0 Å². The van der Waals surface area contributed by atoms with Gasteiger partial charge in [0.1, 0.15) is 6.10 Å². The fraction of sp³-hybridized carbons (Fsp3) is 0.867. The maximum atomic E-state index is 13.1. The number of carbonyl (C=O) groups excluding carboxylic acids is 1. The second kappa shape index (κ2) is 6.58. The fourth-order valence-corrected chi connectivity index (χ4v) is 11.0. The third kappa shape index (κ3) is 2.36. The molecule has 0 aromatic carbocycles. The van der Waals surface area contributed by atoms with E-state index in [0.29, 0.717) is 29.5 Å². The van der Waals surface area contributed by atoms with E-state index in [1.807, 2.05) is 0 Å². The molecule has 5 aliphatic carbocycles. The van der Waals surface area contributed by atoms with Crippen LogP contribution in [0, 0.1) is 56.7 Å². The van der Waals surface area contributed by atoms with E-state index in [4.69, 9.17) is 4.74 Å². The Morgan fingerprint density at radius 1 is 1.00 bits per heavy atom. The average Bonchev–Trinajstić information content (AvgIpc) is 3.57. The highest BCUT2D eigenvalue weighted by Crippen LogP contribution is 2.77. The number of Topliss-reactive ketones (excluding diaryl/α,β-unsaturated/α-hetero) is 1. The summed E-state index contributed by atoms with van der Waals surface area (Å²) < 4.78 is 6.18. The summed E-state index contributed by atoms with van der Waals surface area (Å²) in [5.41, 5.74) is 0.644. The number of carbonyl (C=O) groups is 2. The second-order valence-electron chi connectivity index (χ2n) is 14.5. The lowest BCUT2D eigenvalue weighted by molar-refractivity contribution is -0.188. The van der Waals surface area contributed by atoms with Crippen molar-refractivity contribution in [1.29, 1.82) is 0 Å². The summed E-state index contributed by atoms with van der Waals surface area (Å²) in [6.45, 7) is 16.4. The molecule has 188 valence electrons. The van der Waals surface area contributed by atoms with Crippen LogP contribution >= 0.6 is 0 Å². The quantitative estimate of drug-likeness (QED) is 0.363. The molecule has 0 aromatic rings. The molecule has 0 aromatic heterocycles. The van der Waals surface area contributed by atoms with Crippen LogP contribution in [0.4, 0.5) is 0 Å². The molecule has 6 rings (SSSR count). The summed E-state index contributed by atoms with van der Waals surface area (Å²) in [4.78, 5) is 26.0. The van der Waals surface area contributed by atoms with Gasteiger partial charge in [-0.25, -0.2) is 0 Å². The van der Waals surface area contributed by atoms with Gasteiger partial charge in [-0.3, -0.25) is 9.59 Å². The lowest BCUT2D eigenvalue weighted by Crippen LogP contribution is -2.66. The van der Waals surface area contributed by atoms with Gasteiger partial charge in [-0.2, -0.15) is 0 Å². The van der Waals surface area contributed by atoms with Crippen molar-refractivity contribution in [2.75, 3.05) is 0 Å². The maximum absolute atomic E-state index is 13.1. The lowest BCUT2D eigenvalue weighted by Gasteiger charge is -2.70. The first-order valence-corrected chi connectivity index (χ1v) is 13.9. The van der Waals surface area contributed by atoms with Crippen molar-refractivity contribution in [3.05, 3.63) is 11.6 Å². The third-order valence-corrected chi connectivity index (χ3v) is 13.5. The topological polar surface area (TPSA) is 66.9 Å². The molecular weight excluding hydrogens is 424 g/mol. The van der Waals surface area contributed by atoms with E-state index in [9.17, 15) is 14.7 Å². The summed E-state index contributed by atoms with van der Waals surface area (Å²) in [6, 6.07) is 0. The SMILES string of the molecule is C[C@@H]1CC[C@]2(C(=O)O)CC[C@]3(C)C(=CCC4[C@]5(C)C(CC[C@]43C)C(C)(C)C(=O)[C@@H]3O[C@@H]35)C2[C@H]1C. The van der Waals surface area contributed by atoms with E-state index in [1.54, 1.807) is 0 Å². The third-order valence-electron chi connectivity index (χ3n) is 13.5. The largest absolute Gasteiger partial charge is 0.481 e. The Morgan fingerprint density at radius 3 is 2.38 bits per heavy atom. The normalized spacial score (nSPS) is 57.2. The maximum Gasteiger partial charge on any atom is 0.310 e. The zero-order valence-corrected chi connectivity index (χ0v) is 22.2. The van der Waals surface area contributed by atoms with Crippen LogP contribution in [0.3, 0.4) is 0 Å². The van der Waals surface area contributed by atoms with Gasteiger partial charge in [-0.1, -0.05) is 60.1 Å². The molecule has 1 aliphatic heterocycles. The molecule has 4 heteroatoms. The molecule has 0 spiro atoms.